The monoisotopic (exact) mass is 259 g/mol. The first kappa shape index (κ1) is 10.8. The van der Waals surface area contributed by atoms with Crippen molar-refractivity contribution in [2.24, 2.45) is 0 Å². The molecule has 2 N–H and O–H groups in total. The zero-order valence-corrected chi connectivity index (χ0v) is 9.33. The first-order valence-corrected chi connectivity index (χ1v) is 5.94. The van der Waals surface area contributed by atoms with Crippen molar-refractivity contribution in [2.45, 2.75) is 5.03 Å². The van der Waals surface area contributed by atoms with Crippen LogP contribution in [0.5, 0.6) is 0 Å². The maximum atomic E-state index is 11.7. The number of hydrogen-bond donors (Lipinski definition) is 2. The van der Waals surface area contributed by atoms with Gasteiger partial charge < -0.3 is 0 Å². The van der Waals surface area contributed by atoms with E-state index in [0.29, 0.717) is 0 Å². The molecule has 0 aliphatic carbocycles. The highest BCUT2D eigenvalue weighted by Crippen LogP contribution is 2.17. The van der Waals surface area contributed by atoms with Gasteiger partial charge in [-0.2, -0.15) is 13.5 Å². The van der Waals surface area contributed by atoms with E-state index in [1.165, 1.54) is 24.7 Å². The Kier molecular flexibility index (Phi) is 2.75. The van der Waals surface area contributed by atoms with Crippen molar-refractivity contribution in [1.82, 2.24) is 20.2 Å². The Balaban J connectivity index is 2.33. The molecule has 0 unspecified atom stereocenters. The molecule has 0 spiro atoms. The summed E-state index contributed by atoms with van der Waals surface area (Å²) in [5.41, 5.74) is 0. The predicted molar refractivity (Wildman–Crippen MR) is 56.4 cm³/mol. The van der Waals surface area contributed by atoms with Crippen LogP contribution in [0, 0.1) is 0 Å². The first-order valence-electron chi connectivity index (χ1n) is 4.08. The van der Waals surface area contributed by atoms with E-state index in [9.17, 15) is 8.42 Å². The van der Waals surface area contributed by atoms with Gasteiger partial charge in [-0.25, -0.2) is 9.97 Å². The fourth-order valence-electron chi connectivity index (χ4n) is 0.965. The third-order valence-corrected chi connectivity index (χ3v) is 3.19. The number of aromatic amines is 1. The summed E-state index contributed by atoms with van der Waals surface area (Å²) in [6, 6.07) is 1.31. The summed E-state index contributed by atoms with van der Waals surface area (Å²) in [7, 11) is -3.75. The minimum absolute atomic E-state index is 0.0226. The minimum Gasteiger partial charge on any atom is -0.266 e. The van der Waals surface area contributed by atoms with Gasteiger partial charge in [0.25, 0.3) is 10.0 Å². The van der Waals surface area contributed by atoms with Crippen LogP contribution in [0.2, 0.25) is 5.15 Å². The van der Waals surface area contributed by atoms with Crippen molar-refractivity contribution < 1.29 is 8.42 Å². The van der Waals surface area contributed by atoms with Gasteiger partial charge in [-0.05, 0) is 6.07 Å². The summed E-state index contributed by atoms with van der Waals surface area (Å²) in [4.78, 5) is 7.45. The molecule has 16 heavy (non-hydrogen) atoms. The first-order chi connectivity index (χ1) is 7.59. The average Bonchev–Trinajstić information content (AvgIpc) is 2.75. The van der Waals surface area contributed by atoms with Crippen LogP contribution in [0.3, 0.4) is 0 Å². The van der Waals surface area contributed by atoms with Gasteiger partial charge in [0.15, 0.2) is 16.0 Å². The number of rotatable bonds is 3. The van der Waals surface area contributed by atoms with Crippen molar-refractivity contribution in [1.29, 1.82) is 0 Å². The Bertz CT molecular complexity index is 583. The molecule has 2 heterocycles. The van der Waals surface area contributed by atoms with Crippen molar-refractivity contribution in [2.75, 3.05) is 4.72 Å². The third-order valence-electron chi connectivity index (χ3n) is 1.65. The van der Waals surface area contributed by atoms with Crippen LogP contribution in [-0.2, 0) is 10.0 Å². The van der Waals surface area contributed by atoms with Gasteiger partial charge >= 0.3 is 0 Å². The summed E-state index contributed by atoms with van der Waals surface area (Å²) >= 11 is 5.67. The van der Waals surface area contributed by atoms with Crippen LogP contribution in [0.25, 0.3) is 0 Å². The second-order valence-electron chi connectivity index (χ2n) is 2.72. The highest BCUT2D eigenvalue weighted by molar-refractivity contribution is 7.92. The Morgan fingerprint density at radius 3 is 2.62 bits per heavy atom. The van der Waals surface area contributed by atoms with E-state index in [4.69, 9.17) is 11.6 Å². The smallest absolute Gasteiger partial charge is 0.266 e. The van der Waals surface area contributed by atoms with Crippen molar-refractivity contribution in [3.63, 3.8) is 0 Å². The zero-order chi connectivity index (χ0) is 11.6. The number of halogens is 1. The molecular formula is C7H6ClN5O2S. The highest BCUT2D eigenvalue weighted by Gasteiger charge is 2.17. The van der Waals surface area contributed by atoms with E-state index in [-0.39, 0.29) is 16.0 Å². The van der Waals surface area contributed by atoms with Gasteiger partial charge in [0.1, 0.15) is 0 Å². The fraction of sp³-hybridized carbons (Fsp3) is 0. The largest absolute Gasteiger partial charge is 0.280 e. The van der Waals surface area contributed by atoms with Gasteiger partial charge in [-0.15, -0.1) is 0 Å². The number of aromatic nitrogens is 4. The standard InChI is InChI=1S/C7H6ClN5O2S/c8-6-7(10-4-3-9-6)13-16(14,15)5-1-2-11-12-5/h1-4H,(H,10,13)(H,11,12). The molecule has 0 atom stereocenters. The van der Waals surface area contributed by atoms with Crippen molar-refractivity contribution >= 4 is 27.4 Å². The SMILES string of the molecule is O=S(=O)(Nc1nccnc1Cl)c1ccn[nH]1. The van der Waals surface area contributed by atoms with Crippen LogP contribution < -0.4 is 4.72 Å². The third kappa shape index (κ3) is 2.12. The van der Waals surface area contributed by atoms with Crippen molar-refractivity contribution in [3.05, 3.63) is 29.8 Å². The Hall–Kier alpha value is -1.67. The Morgan fingerprint density at radius 1 is 1.25 bits per heavy atom. The second kappa shape index (κ2) is 4.06. The van der Waals surface area contributed by atoms with Gasteiger partial charge in [0.05, 0.1) is 6.20 Å². The van der Waals surface area contributed by atoms with Gasteiger partial charge in [0, 0.05) is 12.4 Å². The van der Waals surface area contributed by atoms with Crippen LogP contribution in [0.15, 0.2) is 29.7 Å². The summed E-state index contributed by atoms with van der Waals surface area (Å²) in [5.74, 6) is -0.0289. The normalized spacial score (nSPS) is 11.3. The molecule has 2 rings (SSSR count). The van der Waals surface area contributed by atoms with Gasteiger partial charge in [-0.3, -0.25) is 9.82 Å². The molecule has 0 aliphatic heterocycles. The molecule has 2 aromatic rings. The van der Waals surface area contributed by atoms with Crippen LogP contribution in [0.4, 0.5) is 5.82 Å². The molecule has 0 amide bonds. The maximum Gasteiger partial charge on any atom is 0.280 e. The maximum absolute atomic E-state index is 11.7. The van der Waals surface area contributed by atoms with Gasteiger partial charge in [0.2, 0.25) is 0 Å². The van der Waals surface area contributed by atoms with Crippen LogP contribution in [0.1, 0.15) is 0 Å². The topological polar surface area (TPSA) is 101 Å². The number of anilines is 1. The molecule has 0 radical (unpaired) electrons. The van der Waals surface area contributed by atoms with Crippen LogP contribution in [-0.4, -0.2) is 28.6 Å². The van der Waals surface area contributed by atoms with E-state index < -0.39 is 10.0 Å². The van der Waals surface area contributed by atoms with E-state index in [1.54, 1.807) is 0 Å². The second-order valence-corrected chi connectivity index (χ2v) is 4.73. The lowest BCUT2D eigenvalue weighted by molar-refractivity contribution is 0.597. The molecular weight excluding hydrogens is 254 g/mol. The Morgan fingerprint density at radius 2 is 2.00 bits per heavy atom. The Labute approximate surface area is 95.9 Å². The van der Waals surface area contributed by atoms with Gasteiger partial charge in [-0.1, -0.05) is 11.6 Å². The minimum atomic E-state index is -3.75. The molecule has 0 aromatic carbocycles. The van der Waals surface area contributed by atoms with E-state index in [2.05, 4.69) is 24.9 Å². The average molecular weight is 260 g/mol. The van der Waals surface area contributed by atoms with Crippen molar-refractivity contribution in [3.8, 4) is 0 Å². The molecule has 0 saturated heterocycles. The number of nitrogens with zero attached hydrogens (tertiary/aromatic N) is 3. The number of hydrogen-bond acceptors (Lipinski definition) is 5. The van der Waals surface area contributed by atoms with E-state index in [0.717, 1.165) is 0 Å². The lowest BCUT2D eigenvalue weighted by Gasteiger charge is -2.05. The molecule has 9 heteroatoms. The summed E-state index contributed by atoms with van der Waals surface area (Å²) < 4.78 is 25.6. The zero-order valence-electron chi connectivity index (χ0n) is 7.75. The van der Waals surface area contributed by atoms with E-state index in [1.807, 2.05) is 0 Å². The summed E-state index contributed by atoms with van der Waals surface area (Å²) in [5, 5.41) is 5.77. The molecule has 0 fully saturated rings. The predicted octanol–water partition coefficient (Wildman–Crippen LogP) is 0.654. The lowest BCUT2D eigenvalue weighted by Crippen LogP contribution is -2.15. The van der Waals surface area contributed by atoms with Crippen LogP contribution >= 0.6 is 11.6 Å². The highest BCUT2D eigenvalue weighted by atomic mass is 35.5. The fourth-order valence-corrected chi connectivity index (χ4v) is 2.10. The molecule has 0 saturated carbocycles. The molecule has 2 aromatic heterocycles. The number of sulfonamides is 1. The quantitative estimate of drug-likeness (QED) is 0.843. The summed E-state index contributed by atoms with van der Waals surface area (Å²) in [6.45, 7) is 0. The number of nitrogens with one attached hydrogen (secondary N) is 2. The molecule has 0 bridgehead atoms. The lowest BCUT2D eigenvalue weighted by atomic mass is 10.7. The van der Waals surface area contributed by atoms with E-state index >= 15 is 0 Å². The summed E-state index contributed by atoms with van der Waals surface area (Å²) in [6.07, 6.45) is 4.01. The molecule has 0 aliphatic rings. The molecule has 7 nitrogen and oxygen atoms in total. The molecule has 84 valence electrons. The number of H-pyrrole nitrogens is 1.